The topological polar surface area (TPSA) is 73.2 Å². The van der Waals surface area contributed by atoms with Crippen LogP contribution in [0.15, 0.2) is 40.3 Å². The molecule has 1 aromatic carbocycles. The van der Waals surface area contributed by atoms with Crippen LogP contribution in [0.2, 0.25) is 0 Å². The first-order chi connectivity index (χ1) is 14.0. The number of hydrogen-bond acceptors (Lipinski definition) is 6. The summed E-state index contributed by atoms with van der Waals surface area (Å²) in [6, 6.07) is 7.47. The normalized spacial score (nSPS) is 11.1. The maximum atomic E-state index is 13.0. The Balaban J connectivity index is 1.80. The molecule has 6 nitrogen and oxygen atoms in total. The minimum Gasteiger partial charge on any atom is -0.385 e. The van der Waals surface area contributed by atoms with Gasteiger partial charge in [-0.15, -0.1) is 11.3 Å². The van der Waals surface area contributed by atoms with Crippen LogP contribution < -0.4 is 10.9 Å². The number of nitrogens with one attached hydrogen (secondary N) is 1. The van der Waals surface area contributed by atoms with E-state index in [1.54, 1.807) is 11.7 Å². The molecule has 29 heavy (non-hydrogen) atoms. The quantitative estimate of drug-likeness (QED) is 0.313. The van der Waals surface area contributed by atoms with Crippen molar-refractivity contribution in [3.05, 3.63) is 51.4 Å². The first kappa shape index (κ1) is 21.5. The van der Waals surface area contributed by atoms with Gasteiger partial charge in [0.2, 0.25) is 5.91 Å². The fourth-order valence-corrected chi connectivity index (χ4v) is 4.59. The van der Waals surface area contributed by atoms with Crippen molar-refractivity contribution < 1.29 is 13.9 Å². The number of thioether (sulfide) groups is 1. The van der Waals surface area contributed by atoms with Crippen LogP contribution >= 0.6 is 23.1 Å². The van der Waals surface area contributed by atoms with Crippen molar-refractivity contribution >= 4 is 44.9 Å². The highest BCUT2D eigenvalue weighted by molar-refractivity contribution is 7.99. The monoisotopic (exact) mass is 435 g/mol. The first-order valence-electron chi connectivity index (χ1n) is 9.22. The Morgan fingerprint density at radius 1 is 1.34 bits per heavy atom. The Kier molecular flexibility index (Phi) is 7.40. The van der Waals surface area contributed by atoms with Gasteiger partial charge in [0.1, 0.15) is 10.6 Å². The largest absolute Gasteiger partial charge is 0.385 e. The minimum atomic E-state index is -0.364. The fourth-order valence-electron chi connectivity index (χ4n) is 2.76. The Morgan fingerprint density at radius 2 is 2.10 bits per heavy atom. The van der Waals surface area contributed by atoms with Crippen LogP contribution in [0.25, 0.3) is 10.2 Å². The zero-order chi connectivity index (χ0) is 20.8. The predicted octanol–water partition coefficient (Wildman–Crippen LogP) is 3.93. The smallest absolute Gasteiger partial charge is 0.262 e. The molecule has 1 N–H and O–H groups in total. The zero-order valence-electron chi connectivity index (χ0n) is 16.2. The number of ether oxygens (including phenoxy) is 1. The van der Waals surface area contributed by atoms with Crippen molar-refractivity contribution in [2.24, 2.45) is 0 Å². The summed E-state index contributed by atoms with van der Waals surface area (Å²) < 4.78 is 19.7. The van der Waals surface area contributed by atoms with E-state index in [1.165, 1.54) is 47.4 Å². The van der Waals surface area contributed by atoms with Gasteiger partial charge in [-0.25, -0.2) is 9.37 Å². The molecule has 2 aromatic heterocycles. The summed E-state index contributed by atoms with van der Waals surface area (Å²) in [6.07, 6.45) is 1.51. The number of anilines is 1. The predicted molar refractivity (Wildman–Crippen MR) is 116 cm³/mol. The number of hydrogen-bond donors (Lipinski definition) is 1. The highest BCUT2D eigenvalue weighted by Gasteiger charge is 2.15. The van der Waals surface area contributed by atoms with Crippen molar-refractivity contribution in [1.29, 1.82) is 0 Å². The molecule has 0 spiro atoms. The lowest BCUT2D eigenvalue weighted by Crippen LogP contribution is -2.24. The van der Waals surface area contributed by atoms with Crippen molar-refractivity contribution in [2.75, 3.05) is 24.8 Å². The molecule has 0 radical (unpaired) electrons. The molecule has 1 amide bonds. The van der Waals surface area contributed by atoms with Crippen LogP contribution in [0.4, 0.5) is 10.1 Å². The SMILES string of the molecule is CCc1cc2c(=O)n(CCCOC)c(SCC(=O)Nc3ccc(F)cc3)nc2s1. The van der Waals surface area contributed by atoms with Gasteiger partial charge < -0.3 is 10.1 Å². The van der Waals surface area contributed by atoms with Crippen LogP contribution in [0, 0.1) is 5.82 Å². The number of halogens is 1. The number of carbonyl (C=O) groups excluding carboxylic acids is 1. The van der Waals surface area contributed by atoms with E-state index in [9.17, 15) is 14.0 Å². The van der Waals surface area contributed by atoms with Crippen LogP contribution in [-0.4, -0.2) is 34.9 Å². The van der Waals surface area contributed by atoms with Gasteiger partial charge in [-0.05, 0) is 43.2 Å². The molecule has 0 aliphatic heterocycles. The molecule has 0 saturated carbocycles. The molecule has 0 unspecified atom stereocenters. The second kappa shape index (κ2) is 10.00. The van der Waals surface area contributed by atoms with Crippen molar-refractivity contribution in [3.8, 4) is 0 Å². The minimum absolute atomic E-state index is 0.0889. The first-order valence-corrected chi connectivity index (χ1v) is 11.0. The molecular weight excluding hydrogens is 413 g/mol. The van der Waals surface area contributed by atoms with E-state index < -0.39 is 0 Å². The Hall–Kier alpha value is -2.23. The summed E-state index contributed by atoms with van der Waals surface area (Å²) in [5.41, 5.74) is 0.423. The molecule has 0 aliphatic carbocycles. The zero-order valence-corrected chi connectivity index (χ0v) is 17.9. The Bertz CT molecular complexity index is 1050. The van der Waals surface area contributed by atoms with E-state index in [0.717, 1.165) is 11.3 Å². The van der Waals surface area contributed by atoms with Crippen LogP contribution in [-0.2, 0) is 22.5 Å². The average molecular weight is 436 g/mol. The lowest BCUT2D eigenvalue weighted by atomic mass is 10.3. The molecule has 3 aromatic rings. The van der Waals surface area contributed by atoms with E-state index >= 15 is 0 Å². The third-order valence-electron chi connectivity index (χ3n) is 4.21. The van der Waals surface area contributed by atoms with Gasteiger partial charge in [-0.3, -0.25) is 14.2 Å². The lowest BCUT2D eigenvalue weighted by Gasteiger charge is -2.12. The number of benzene rings is 1. The van der Waals surface area contributed by atoms with E-state index in [-0.39, 0.29) is 23.0 Å². The van der Waals surface area contributed by atoms with Gasteiger partial charge in [-0.2, -0.15) is 0 Å². The second-order valence-electron chi connectivity index (χ2n) is 6.33. The van der Waals surface area contributed by atoms with Gasteiger partial charge in [-0.1, -0.05) is 18.7 Å². The number of carbonyl (C=O) groups is 1. The summed E-state index contributed by atoms with van der Waals surface area (Å²) in [5, 5.41) is 3.84. The maximum Gasteiger partial charge on any atom is 0.262 e. The highest BCUT2D eigenvalue weighted by Crippen LogP contribution is 2.25. The third-order valence-corrected chi connectivity index (χ3v) is 6.36. The maximum absolute atomic E-state index is 13.0. The third kappa shape index (κ3) is 5.43. The number of thiophene rings is 1. The Morgan fingerprint density at radius 3 is 2.79 bits per heavy atom. The number of aryl methyl sites for hydroxylation is 1. The van der Waals surface area contributed by atoms with E-state index in [1.807, 2.05) is 13.0 Å². The van der Waals surface area contributed by atoms with Gasteiger partial charge in [0.05, 0.1) is 11.1 Å². The number of aromatic nitrogens is 2. The molecule has 0 aliphatic rings. The molecule has 0 atom stereocenters. The summed E-state index contributed by atoms with van der Waals surface area (Å²) in [5.74, 6) is -0.525. The number of amides is 1. The highest BCUT2D eigenvalue weighted by atomic mass is 32.2. The van der Waals surface area contributed by atoms with Crippen molar-refractivity contribution in [3.63, 3.8) is 0 Å². The molecule has 9 heteroatoms. The van der Waals surface area contributed by atoms with Crippen molar-refractivity contribution in [1.82, 2.24) is 9.55 Å². The Labute approximate surface area is 176 Å². The number of nitrogens with zero attached hydrogens (tertiary/aromatic N) is 2. The number of rotatable bonds is 9. The van der Waals surface area contributed by atoms with Crippen LogP contribution in [0.5, 0.6) is 0 Å². The molecule has 154 valence electrons. The second-order valence-corrected chi connectivity index (χ2v) is 8.38. The van der Waals surface area contributed by atoms with Gasteiger partial charge >= 0.3 is 0 Å². The standard InChI is InChI=1S/C20H22FN3O3S2/c1-3-15-11-16-18(29-15)23-20(24(19(16)26)9-4-10-27-2)28-12-17(25)22-14-7-5-13(21)6-8-14/h5-8,11H,3-4,9-10,12H2,1-2H3,(H,22,25). The number of fused-ring (bicyclic) bond motifs is 1. The van der Waals surface area contributed by atoms with Crippen molar-refractivity contribution in [2.45, 2.75) is 31.5 Å². The summed E-state index contributed by atoms with van der Waals surface area (Å²) in [6.45, 7) is 3.04. The van der Waals surface area contributed by atoms with E-state index in [2.05, 4.69) is 10.3 Å². The molecule has 0 fully saturated rings. The molecule has 2 heterocycles. The van der Waals surface area contributed by atoms with Crippen LogP contribution in [0.3, 0.4) is 0 Å². The van der Waals surface area contributed by atoms with Crippen LogP contribution in [0.1, 0.15) is 18.2 Å². The summed E-state index contributed by atoms with van der Waals surface area (Å²) in [7, 11) is 1.62. The van der Waals surface area contributed by atoms with E-state index in [4.69, 9.17) is 4.74 Å². The molecule has 0 bridgehead atoms. The van der Waals surface area contributed by atoms with Gasteiger partial charge in [0, 0.05) is 30.8 Å². The lowest BCUT2D eigenvalue weighted by molar-refractivity contribution is -0.113. The number of methoxy groups -OCH3 is 1. The average Bonchev–Trinajstić information content (AvgIpc) is 3.14. The molecule has 3 rings (SSSR count). The summed E-state index contributed by atoms with van der Waals surface area (Å²) in [4.78, 5) is 31.7. The summed E-state index contributed by atoms with van der Waals surface area (Å²) >= 11 is 2.72. The molecular formula is C20H22FN3O3S2. The fraction of sp³-hybridized carbons (Fsp3) is 0.350. The molecule has 0 saturated heterocycles. The van der Waals surface area contributed by atoms with E-state index in [0.29, 0.717) is 40.6 Å². The van der Waals surface area contributed by atoms with Gasteiger partial charge in [0.15, 0.2) is 5.16 Å². The van der Waals surface area contributed by atoms with Gasteiger partial charge in [0.25, 0.3) is 5.56 Å².